The predicted octanol–water partition coefficient (Wildman–Crippen LogP) is 4.53. The number of halogens is 2. The molecule has 27 heavy (non-hydrogen) atoms. The number of benzene rings is 2. The summed E-state index contributed by atoms with van der Waals surface area (Å²) in [6, 6.07) is 14.4. The molecule has 0 spiro atoms. The fourth-order valence-corrected chi connectivity index (χ4v) is 3.61. The lowest BCUT2D eigenvalue weighted by molar-refractivity contribution is 0.471. The molecule has 7 heteroatoms. The number of rotatable bonds is 3. The van der Waals surface area contributed by atoms with Crippen molar-refractivity contribution in [2.24, 2.45) is 7.05 Å². The molecule has 136 valence electrons. The Bertz CT molecular complexity index is 1230. The molecule has 0 atom stereocenters. The van der Waals surface area contributed by atoms with E-state index in [4.69, 9.17) is 23.2 Å². The number of aromatic hydroxyl groups is 1. The van der Waals surface area contributed by atoms with Crippen molar-refractivity contribution in [2.75, 3.05) is 0 Å². The minimum atomic E-state index is -0.492. The molecule has 0 amide bonds. The predicted molar refractivity (Wildman–Crippen MR) is 108 cm³/mol. The maximum atomic E-state index is 12.9. The van der Waals surface area contributed by atoms with E-state index in [0.717, 1.165) is 5.56 Å². The number of pyridine rings is 1. The van der Waals surface area contributed by atoms with Gasteiger partial charge in [-0.05, 0) is 17.7 Å². The van der Waals surface area contributed by atoms with Crippen LogP contribution < -0.4 is 5.43 Å². The zero-order chi connectivity index (χ0) is 19.1. The molecule has 0 aliphatic rings. The van der Waals surface area contributed by atoms with Crippen molar-refractivity contribution in [1.82, 2.24) is 14.8 Å². The van der Waals surface area contributed by atoms with Gasteiger partial charge >= 0.3 is 0 Å². The van der Waals surface area contributed by atoms with E-state index in [1.165, 1.54) is 0 Å². The van der Waals surface area contributed by atoms with E-state index in [9.17, 15) is 9.90 Å². The summed E-state index contributed by atoms with van der Waals surface area (Å²) in [5.74, 6) is -0.385. The minimum Gasteiger partial charge on any atom is -0.503 e. The van der Waals surface area contributed by atoms with Crippen LogP contribution in [0.15, 0.2) is 53.3 Å². The van der Waals surface area contributed by atoms with Gasteiger partial charge in [0.15, 0.2) is 5.75 Å². The average molecular weight is 400 g/mol. The van der Waals surface area contributed by atoms with Gasteiger partial charge in [-0.15, -0.1) is 0 Å². The van der Waals surface area contributed by atoms with E-state index in [-0.39, 0.29) is 11.4 Å². The number of hydrogen-bond acceptors (Lipinski definition) is 3. The maximum Gasteiger partial charge on any atom is 0.235 e. The first-order chi connectivity index (χ1) is 13.0. The lowest BCUT2D eigenvalue weighted by Crippen LogP contribution is -2.07. The van der Waals surface area contributed by atoms with E-state index < -0.39 is 5.43 Å². The van der Waals surface area contributed by atoms with Gasteiger partial charge in [-0.1, -0.05) is 59.6 Å². The molecule has 0 saturated heterocycles. The number of fused-ring (bicyclic) bond motifs is 1. The van der Waals surface area contributed by atoms with Crippen LogP contribution in [-0.4, -0.2) is 19.9 Å². The Hall–Kier alpha value is -2.76. The molecule has 2 heterocycles. The summed E-state index contributed by atoms with van der Waals surface area (Å²) in [6.45, 7) is 0. The Morgan fingerprint density at radius 1 is 1.07 bits per heavy atom. The number of hydrogen-bond donors (Lipinski definition) is 2. The largest absolute Gasteiger partial charge is 0.503 e. The van der Waals surface area contributed by atoms with Crippen LogP contribution in [-0.2, 0) is 13.5 Å². The standard InChI is InChI=1S/C20H15Cl2N3O2/c1-25-20-16(15(24-25)10-11-6-2-4-8-13(11)21)18(26)19(27)17(23-20)12-7-3-5-9-14(12)22/h2-9,27H,10H2,1H3,(H,23,26). The Morgan fingerprint density at radius 2 is 1.74 bits per heavy atom. The molecule has 0 aliphatic carbocycles. The number of H-pyrrole nitrogens is 1. The quantitative estimate of drug-likeness (QED) is 0.531. The Balaban J connectivity index is 1.94. The average Bonchev–Trinajstić information content (AvgIpc) is 2.96. The van der Waals surface area contributed by atoms with Crippen molar-refractivity contribution in [3.8, 4) is 17.0 Å². The SMILES string of the molecule is Cn1nc(Cc2ccccc2Cl)c2c(=O)c(O)c(-c3ccccc3Cl)[nH]c21. The molecule has 0 fully saturated rings. The molecule has 5 nitrogen and oxygen atoms in total. The highest BCUT2D eigenvalue weighted by molar-refractivity contribution is 6.33. The van der Waals surface area contributed by atoms with Crippen molar-refractivity contribution in [2.45, 2.75) is 6.42 Å². The normalized spacial score (nSPS) is 11.2. The monoisotopic (exact) mass is 399 g/mol. The van der Waals surface area contributed by atoms with Crippen molar-refractivity contribution < 1.29 is 5.11 Å². The molecular weight excluding hydrogens is 385 g/mol. The smallest absolute Gasteiger partial charge is 0.235 e. The molecule has 4 aromatic rings. The summed E-state index contributed by atoms with van der Waals surface area (Å²) in [5, 5.41) is 16.4. The third kappa shape index (κ3) is 2.99. The topological polar surface area (TPSA) is 70.9 Å². The van der Waals surface area contributed by atoms with Gasteiger partial charge in [0.2, 0.25) is 5.43 Å². The molecule has 4 rings (SSSR count). The van der Waals surface area contributed by atoms with Gasteiger partial charge in [0, 0.05) is 24.1 Å². The highest BCUT2D eigenvalue weighted by atomic mass is 35.5. The van der Waals surface area contributed by atoms with Crippen molar-refractivity contribution in [1.29, 1.82) is 0 Å². The molecular formula is C20H15Cl2N3O2. The fraction of sp³-hybridized carbons (Fsp3) is 0.100. The molecule has 0 bridgehead atoms. The Kier molecular flexibility index (Phi) is 4.42. The first kappa shape index (κ1) is 17.6. The first-order valence-corrected chi connectivity index (χ1v) is 9.02. The number of aromatic amines is 1. The van der Waals surface area contributed by atoms with E-state index in [2.05, 4.69) is 10.1 Å². The number of aromatic nitrogens is 3. The third-order valence-corrected chi connectivity index (χ3v) is 5.20. The molecule has 0 unspecified atom stereocenters. The van der Waals surface area contributed by atoms with Crippen LogP contribution in [0.3, 0.4) is 0 Å². The van der Waals surface area contributed by atoms with Gasteiger partial charge in [-0.2, -0.15) is 5.10 Å². The number of aryl methyl sites for hydroxylation is 1. The van der Waals surface area contributed by atoms with Crippen LogP contribution in [0.2, 0.25) is 10.0 Å². The zero-order valence-corrected chi connectivity index (χ0v) is 15.8. The molecule has 2 N–H and O–H groups in total. The van der Waals surface area contributed by atoms with Gasteiger partial charge in [0.1, 0.15) is 5.65 Å². The Labute approximate surface area is 164 Å². The summed E-state index contributed by atoms with van der Waals surface area (Å²) in [6.07, 6.45) is 0.380. The molecule has 0 aliphatic heterocycles. The fourth-order valence-electron chi connectivity index (χ4n) is 3.18. The lowest BCUT2D eigenvalue weighted by atomic mass is 10.1. The minimum absolute atomic E-state index is 0.269. The van der Waals surface area contributed by atoms with Crippen molar-refractivity contribution in [3.05, 3.63) is 80.1 Å². The van der Waals surface area contributed by atoms with Crippen LogP contribution >= 0.6 is 23.2 Å². The third-order valence-electron chi connectivity index (χ3n) is 4.50. The number of nitrogens with one attached hydrogen (secondary N) is 1. The van der Waals surface area contributed by atoms with Gasteiger partial charge in [0.05, 0.1) is 21.8 Å². The molecule has 2 aromatic heterocycles. The van der Waals surface area contributed by atoms with Crippen LogP contribution in [0.4, 0.5) is 0 Å². The van der Waals surface area contributed by atoms with E-state index in [1.54, 1.807) is 42.1 Å². The van der Waals surface area contributed by atoms with E-state index >= 15 is 0 Å². The molecule has 2 aromatic carbocycles. The maximum absolute atomic E-state index is 12.9. The lowest BCUT2D eigenvalue weighted by Gasteiger charge is -2.08. The summed E-state index contributed by atoms with van der Waals surface area (Å²) in [4.78, 5) is 16.1. The van der Waals surface area contributed by atoms with Gasteiger partial charge < -0.3 is 10.1 Å². The van der Waals surface area contributed by atoms with E-state index in [0.29, 0.717) is 38.8 Å². The highest BCUT2D eigenvalue weighted by Crippen LogP contribution is 2.33. The second-order valence-electron chi connectivity index (χ2n) is 6.22. The second kappa shape index (κ2) is 6.76. The van der Waals surface area contributed by atoms with Crippen molar-refractivity contribution >= 4 is 34.2 Å². The van der Waals surface area contributed by atoms with Crippen molar-refractivity contribution in [3.63, 3.8) is 0 Å². The Morgan fingerprint density at radius 3 is 2.44 bits per heavy atom. The van der Waals surface area contributed by atoms with Crippen LogP contribution in [0, 0.1) is 0 Å². The number of nitrogens with zero attached hydrogens (tertiary/aromatic N) is 2. The summed E-state index contributed by atoms with van der Waals surface area (Å²) < 4.78 is 1.59. The van der Waals surface area contributed by atoms with Gasteiger partial charge in [-0.25, -0.2) is 0 Å². The van der Waals surface area contributed by atoms with Crippen LogP contribution in [0.1, 0.15) is 11.3 Å². The highest BCUT2D eigenvalue weighted by Gasteiger charge is 2.21. The summed E-state index contributed by atoms with van der Waals surface area (Å²) in [7, 11) is 1.74. The van der Waals surface area contributed by atoms with Crippen LogP contribution in [0.5, 0.6) is 5.75 Å². The summed E-state index contributed by atoms with van der Waals surface area (Å²) in [5.41, 5.74) is 2.23. The molecule has 0 radical (unpaired) electrons. The molecule has 0 saturated carbocycles. The summed E-state index contributed by atoms with van der Waals surface area (Å²) >= 11 is 12.5. The second-order valence-corrected chi connectivity index (χ2v) is 7.03. The van der Waals surface area contributed by atoms with Gasteiger partial charge in [-0.3, -0.25) is 9.48 Å². The zero-order valence-electron chi connectivity index (χ0n) is 14.3. The van der Waals surface area contributed by atoms with Gasteiger partial charge in [0.25, 0.3) is 0 Å². The van der Waals surface area contributed by atoms with E-state index in [1.807, 2.05) is 18.2 Å². The van der Waals surface area contributed by atoms with Crippen LogP contribution in [0.25, 0.3) is 22.3 Å². The first-order valence-electron chi connectivity index (χ1n) is 8.26.